The van der Waals surface area contributed by atoms with Gasteiger partial charge in [0.2, 0.25) is 0 Å². The summed E-state index contributed by atoms with van der Waals surface area (Å²) in [5.74, 6) is 1.18. The topological polar surface area (TPSA) is 35.2 Å². The summed E-state index contributed by atoms with van der Waals surface area (Å²) in [7, 11) is 0. The van der Waals surface area contributed by atoms with E-state index in [9.17, 15) is 0 Å². The summed E-state index contributed by atoms with van der Waals surface area (Å²) >= 11 is 5.92. The fraction of sp³-hybridized carbons (Fsp3) is 0.294. The van der Waals surface area contributed by atoms with Gasteiger partial charge >= 0.3 is 0 Å². The minimum absolute atomic E-state index is 0.249. The van der Waals surface area contributed by atoms with E-state index in [-0.39, 0.29) is 5.92 Å². The maximum Gasteiger partial charge on any atom is 0.122 e. The number of hydrogen-bond donors (Lipinski definition) is 1. The van der Waals surface area contributed by atoms with E-state index in [2.05, 4.69) is 6.07 Å². The Kier molecular flexibility index (Phi) is 5.45. The number of halogens is 1. The summed E-state index contributed by atoms with van der Waals surface area (Å²) in [6, 6.07) is 16.1. The van der Waals surface area contributed by atoms with Crippen molar-refractivity contribution in [3.05, 3.63) is 64.7 Å². The SMILES string of the molecule is CCOc1ccccc1C(CN)Cc1ccc(Cl)cc1. The molecule has 2 N–H and O–H groups in total. The summed E-state index contributed by atoms with van der Waals surface area (Å²) in [5, 5.41) is 0.757. The average molecular weight is 290 g/mol. The van der Waals surface area contributed by atoms with Crippen LogP contribution in [-0.2, 0) is 6.42 Å². The van der Waals surface area contributed by atoms with Crippen LogP contribution in [-0.4, -0.2) is 13.2 Å². The standard InChI is InChI=1S/C17H20ClNO/c1-2-20-17-6-4-3-5-16(17)14(12-19)11-13-7-9-15(18)10-8-13/h3-10,14H,2,11-12,19H2,1H3. The van der Waals surface area contributed by atoms with Gasteiger partial charge in [0, 0.05) is 10.9 Å². The van der Waals surface area contributed by atoms with Gasteiger partial charge in [-0.2, -0.15) is 0 Å². The number of nitrogens with two attached hydrogens (primary N) is 1. The summed E-state index contributed by atoms with van der Waals surface area (Å²) in [6.45, 7) is 3.25. The van der Waals surface area contributed by atoms with Crippen LogP contribution in [0.1, 0.15) is 24.0 Å². The van der Waals surface area contributed by atoms with Crippen LogP contribution in [0.5, 0.6) is 5.75 Å². The van der Waals surface area contributed by atoms with Crippen molar-refractivity contribution in [2.45, 2.75) is 19.3 Å². The zero-order chi connectivity index (χ0) is 14.4. The molecule has 2 rings (SSSR count). The van der Waals surface area contributed by atoms with E-state index in [0.717, 1.165) is 17.2 Å². The molecule has 0 spiro atoms. The van der Waals surface area contributed by atoms with Crippen molar-refractivity contribution in [3.8, 4) is 5.75 Å². The average Bonchev–Trinajstić information content (AvgIpc) is 2.48. The molecule has 2 aromatic rings. The highest BCUT2D eigenvalue weighted by Crippen LogP contribution is 2.29. The van der Waals surface area contributed by atoms with Crippen LogP contribution in [0.2, 0.25) is 5.02 Å². The molecule has 20 heavy (non-hydrogen) atoms. The minimum Gasteiger partial charge on any atom is -0.494 e. The Bertz CT molecular complexity index is 539. The summed E-state index contributed by atoms with van der Waals surface area (Å²) in [4.78, 5) is 0. The maximum atomic E-state index is 5.97. The molecule has 0 fully saturated rings. The lowest BCUT2D eigenvalue weighted by Crippen LogP contribution is -2.16. The van der Waals surface area contributed by atoms with E-state index in [4.69, 9.17) is 22.1 Å². The van der Waals surface area contributed by atoms with Gasteiger partial charge in [-0.15, -0.1) is 0 Å². The van der Waals surface area contributed by atoms with Gasteiger partial charge in [-0.1, -0.05) is 41.9 Å². The third-order valence-corrected chi connectivity index (χ3v) is 3.59. The first kappa shape index (κ1) is 14.9. The summed E-state index contributed by atoms with van der Waals surface area (Å²) < 4.78 is 5.70. The Hall–Kier alpha value is -1.51. The summed E-state index contributed by atoms with van der Waals surface area (Å²) in [5.41, 5.74) is 8.37. The van der Waals surface area contributed by atoms with E-state index in [1.165, 1.54) is 11.1 Å². The van der Waals surface area contributed by atoms with Gasteiger partial charge in [0.15, 0.2) is 0 Å². The highest BCUT2D eigenvalue weighted by Gasteiger charge is 2.15. The van der Waals surface area contributed by atoms with Crippen LogP contribution < -0.4 is 10.5 Å². The Morgan fingerprint density at radius 3 is 2.45 bits per heavy atom. The van der Waals surface area contributed by atoms with Crippen molar-refractivity contribution in [1.29, 1.82) is 0 Å². The quantitative estimate of drug-likeness (QED) is 0.871. The van der Waals surface area contributed by atoms with Gasteiger partial charge in [0.1, 0.15) is 5.75 Å². The van der Waals surface area contributed by atoms with Crippen molar-refractivity contribution in [3.63, 3.8) is 0 Å². The van der Waals surface area contributed by atoms with Gasteiger partial charge in [-0.25, -0.2) is 0 Å². The third-order valence-electron chi connectivity index (χ3n) is 3.34. The Labute approximate surface area is 125 Å². The lowest BCUT2D eigenvalue weighted by Gasteiger charge is -2.19. The molecule has 0 saturated carbocycles. The van der Waals surface area contributed by atoms with Crippen molar-refractivity contribution in [1.82, 2.24) is 0 Å². The van der Waals surface area contributed by atoms with Gasteiger partial charge < -0.3 is 10.5 Å². The number of para-hydroxylation sites is 1. The fourth-order valence-electron chi connectivity index (χ4n) is 2.33. The third kappa shape index (κ3) is 3.75. The minimum atomic E-state index is 0.249. The molecule has 0 aliphatic carbocycles. The van der Waals surface area contributed by atoms with Crippen LogP contribution in [0.25, 0.3) is 0 Å². The van der Waals surface area contributed by atoms with Gasteiger partial charge in [0.25, 0.3) is 0 Å². The molecule has 0 aliphatic heterocycles. The Balaban J connectivity index is 2.21. The second-order valence-electron chi connectivity index (χ2n) is 4.73. The molecule has 0 aromatic heterocycles. The first-order valence-electron chi connectivity index (χ1n) is 6.90. The van der Waals surface area contributed by atoms with Crippen molar-refractivity contribution >= 4 is 11.6 Å². The molecule has 3 heteroatoms. The van der Waals surface area contributed by atoms with E-state index in [1.807, 2.05) is 49.4 Å². The Morgan fingerprint density at radius 2 is 1.80 bits per heavy atom. The van der Waals surface area contributed by atoms with Crippen LogP contribution in [0, 0.1) is 0 Å². The first-order valence-corrected chi connectivity index (χ1v) is 7.28. The van der Waals surface area contributed by atoms with E-state index in [0.29, 0.717) is 13.2 Å². The van der Waals surface area contributed by atoms with Crippen molar-refractivity contribution in [2.75, 3.05) is 13.2 Å². The van der Waals surface area contributed by atoms with Gasteiger partial charge in [-0.05, 0) is 49.2 Å². The first-order chi connectivity index (χ1) is 9.74. The molecule has 2 nitrogen and oxygen atoms in total. The van der Waals surface area contributed by atoms with Crippen LogP contribution in [0.4, 0.5) is 0 Å². The predicted octanol–water partition coefficient (Wildman–Crippen LogP) is 4.02. The lowest BCUT2D eigenvalue weighted by atomic mass is 9.91. The monoisotopic (exact) mass is 289 g/mol. The molecule has 0 aliphatic rings. The molecular formula is C17H20ClNO. The number of rotatable bonds is 6. The van der Waals surface area contributed by atoms with Crippen molar-refractivity contribution < 1.29 is 4.74 Å². The van der Waals surface area contributed by atoms with E-state index in [1.54, 1.807) is 0 Å². The molecule has 0 heterocycles. The summed E-state index contributed by atoms with van der Waals surface area (Å²) in [6.07, 6.45) is 0.887. The Morgan fingerprint density at radius 1 is 1.10 bits per heavy atom. The van der Waals surface area contributed by atoms with Gasteiger partial charge in [0.05, 0.1) is 6.61 Å². The number of hydrogen-bond acceptors (Lipinski definition) is 2. The fourth-order valence-corrected chi connectivity index (χ4v) is 2.46. The molecule has 0 radical (unpaired) electrons. The second kappa shape index (κ2) is 7.32. The van der Waals surface area contributed by atoms with E-state index < -0.39 is 0 Å². The number of benzene rings is 2. The maximum absolute atomic E-state index is 5.97. The molecule has 1 atom stereocenters. The van der Waals surface area contributed by atoms with Crippen LogP contribution in [0.15, 0.2) is 48.5 Å². The highest BCUT2D eigenvalue weighted by atomic mass is 35.5. The van der Waals surface area contributed by atoms with Crippen molar-refractivity contribution in [2.24, 2.45) is 5.73 Å². The molecule has 0 amide bonds. The zero-order valence-corrected chi connectivity index (χ0v) is 12.4. The molecule has 0 bridgehead atoms. The molecule has 0 saturated heterocycles. The normalized spacial score (nSPS) is 12.2. The van der Waals surface area contributed by atoms with E-state index >= 15 is 0 Å². The van der Waals surface area contributed by atoms with Crippen LogP contribution in [0.3, 0.4) is 0 Å². The van der Waals surface area contributed by atoms with Crippen LogP contribution >= 0.6 is 11.6 Å². The predicted molar refractivity (Wildman–Crippen MR) is 84.6 cm³/mol. The number of ether oxygens (including phenoxy) is 1. The highest BCUT2D eigenvalue weighted by molar-refractivity contribution is 6.30. The largest absolute Gasteiger partial charge is 0.494 e. The molecule has 106 valence electrons. The zero-order valence-electron chi connectivity index (χ0n) is 11.7. The lowest BCUT2D eigenvalue weighted by molar-refractivity contribution is 0.334. The van der Waals surface area contributed by atoms with Gasteiger partial charge in [-0.3, -0.25) is 0 Å². The molecular weight excluding hydrogens is 270 g/mol. The smallest absolute Gasteiger partial charge is 0.122 e. The second-order valence-corrected chi connectivity index (χ2v) is 5.17. The molecule has 1 unspecified atom stereocenters. The molecule has 2 aromatic carbocycles.